The Morgan fingerprint density at radius 2 is 0.568 bits per heavy atom. The molecule has 4 aromatic carbocycles. The van der Waals surface area contributed by atoms with E-state index in [4.69, 9.17) is 22.4 Å². The minimum atomic E-state index is -4.62. The van der Waals surface area contributed by atoms with Crippen LogP contribution in [0.4, 0.5) is 0 Å². The zero-order chi connectivity index (χ0) is 26.5. The van der Waals surface area contributed by atoms with E-state index in [1.807, 2.05) is 27.7 Å². The van der Waals surface area contributed by atoms with E-state index in [0.717, 1.165) is 22.3 Å². The number of aryl methyl sites for hydroxylation is 4. The molecule has 192 valence electrons. The third-order valence-corrected chi connectivity index (χ3v) is 8.49. The van der Waals surface area contributed by atoms with Crippen molar-refractivity contribution in [3.63, 3.8) is 0 Å². The van der Waals surface area contributed by atoms with Crippen molar-refractivity contribution < 1.29 is 31.5 Å². The molecule has 0 fully saturated rings. The standard InChI is InChI=1S/C28H28O7P2/c1-21-5-13-25(14-6-21)31-36(29,32-26-15-7-22(2)8-16-26)35-37(30,33-27-17-9-23(3)10-18-27)34-28-19-11-24(4)12-20-28/h5-20H,1-4H3. The van der Waals surface area contributed by atoms with E-state index < -0.39 is 15.6 Å². The van der Waals surface area contributed by atoms with Crippen LogP contribution in [0.1, 0.15) is 22.3 Å². The van der Waals surface area contributed by atoms with Crippen LogP contribution in [0.3, 0.4) is 0 Å². The molecule has 0 aliphatic heterocycles. The Morgan fingerprint density at radius 3 is 0.757 bits per heavy atom. The normalized spacial score (nSPS) is 11.6. The molecule has 0 unspecified atom stereocenters. The molecule has 0 amide bonds. The SMILES string of the molecule is Cc1ccc(OP(=O)(Oc2ccc(C)cc2)OP(=O)(Oc2ccc(C)cc2)Oc2ccc(C)cc2)cc1. The lowest BCUT2D eigenvalue weighted by molar-refractivity contribution is 0.243. The highest BCUT2D eigenvalue weighted by molar-refractivity contribution is 7.63. The van der Waals surface area contributed by atoms with Crippen LogP contribution in [-0.4, -0.2) is 0 Å². The summed E-state index contributed by atoms with van der Waals surface area (Å²) < 4.78 is 56.4. The molecule has 0 bridgehead atoms. The number of phosphoric ester groups is 2. The maximum atomic E-state index is 14.0. The lowest BCUT2D eigenvalue weighted by Gasteiger charge is -2.24. The van der Waals surface area contributed by atoms with Crippen LogP contribution in [0.25, 0.3) is 0 Å². The van der Waals surface area contributed by atoms with Crippen molar-refractivity contribution in [2.75, 3.05) is 0 Å². The molecule has 0 saturated carbocycles. The van der Waals surface area contributed by atoms with Gasteiger partial charge in [-0.05, 0) is 76.2 Å². The Bertz CT molecular complexity index is 1200. The second-order valence-electron chi connectivity index (χ2n) is 8.59. The van der Waals surface area contributed by atoms with Gasteiger partial charge >= 0.3 is 15.6 Å². The Hall–Kier alpha value is -3.50. The van der Waals surface area contributed by atoms with Crippen LogP contribution in [0.5, 0.6) is 23.0 Å². The molecular formula is C28H28O7P2. The van der Waals surface area contributed by atoms with Crippen molar-refractivity contribution in [1.29, 1.82) is 0 Å². The summed E-state index contributed by atoms with van der Waals surface area (Å²) in [6.45, 7) is 7.62. The van der Waals surface area contributed by atoms with Crippen LogP contribution in [-0.2, 0) is 13.4 Å². The predicted molar refractivity (Wildman–Crippen MR) is 144 cm³/mol. The third kappa shape index (κ3) is 7.74. The van der Waals surface area contributed by atoms with E-state index in [1.165, 1.54) is 0 Å². The second-order valence-corrected chi connectivity index (χ2v) is 11.8. The van der Waals surface area contributed by atoms with Gasteiger partial charge in [-0.2, -0.15) is 0 Å². The van der Waals surface area contributed by atoms with Crippen LogP contribution in [0.15, 0.2) is 97.1 Å². The molecule has 7 nitrogen and oxygen atoms in total. The Labute approximate surface area is 217 Å². The van der Waals surface area contributed by atoms with Crippen molar-refractivity contribution in [3.05, 3.63) is 119 Å². The van der Waals surface area contributed by atoms with E-state index in [0.29, 0.717) is 0 Å². The van der Waals surface area contributed by atoms with Gasteiger partial charge in [0, 0.05) is 0 Å². The molecule has 9 heteroatoms. The number of benzene rings is 4. The minimum Gasteiger partial charge on any atom is -0.395 e. The first-order chi connectivity index (χ1) is 17.6. The van der Waals surface area contributed by atoms with E-state index >= 15 is 0 Å². The van der Waals surface area contributed by atoms with Crippen LogP contribution < -0.4 is 18.1 Å². The van der Waals surface area contributed by atoms with Crippen LogP contribution in [0, 0.1) is 27.7 Å². The number of hydrogen-bond donors (Lipinski definition) is 0. The van der Waals surface area contributed by atoms with Gasteiger partial charge in [0.2, 0.25) is 0 Å². The van der Waals surface area contributed by atoms with Crippen molar-refractivity contribution in [2.45, 2.75) is 27.7 Å². The molecule has 0 saturated heterocycles. The van der Waals surface area contributed by atoms with Crippen molar-refractivity contribution in [3.8, 4) is 23.0 Å². The third-order valence-electron chi connectivity index (χ3n) is 5.15. The van der Waals surface area contributed by atoms with Crippen LogP contribution in [0.2, 0.25) is 0 Å². The van der Waals surface area contributed by atoms with Gasteiger partial charge in [-0.15, -0.1) is 4.31 Å². The number of rotatable bonds is 10. The molecule has 37 heavy (non-hydrogen) atoms. The Balaban J connectivity index is 1.71. The molecule has 0 atom stereocenters. The highest BCUT2D eigenvalue weighted by Crippen LogP contribution is 2.64. The molecule has 0 spiro atoms. The summed E-state index contributed by atoms with van der Waals surface area (Å²) in [6.07, 6.45) is 0. The maximum absolute atomic E-state index is 14.0. The maximum Gasteiger partial charge on any atom is 0.598 e. The van der Waals surface area contributed by atoms with E-state index in [1.54, 1.807) is 97.1 Å². The van der Waals surface area contributed by atoms with Gasteiger partial charge in [0.25, 0.3) is 0 Å². The van der Waals surface area contributed by atoms with Gasteiger partial charge in [0.05, 0.1) is 0 Å². The molecule has 4 aromatic rings. The smallest absolute Gasteiger partial charge is 0.395 e. The molecule has 0 aliphatic rings. The zero-order valence-corrected chi connectivity index (χ0v) is 22.8. The van der Waals surface area contributed by atoms with E-state index in [-0.39, 0.29) is 23.0 Å². The lowest BCUT2D eigenvalue weighted by atomic mass is 10.2. The van der Waals surface area contributed by atoms with Gasteiger partial charge in [-0.3, -0.25) is 0 Å². The largest absolute Gasteiger partial charge is 0.598 e. The fourth-order valence-electron chi connectivity index (χ4n) is 3.14. The molecule has 0 heterocycles. The molecule has 0 radical (unpaired) electrons. The Kier molecular flexibility index (Phi) is 8.09. The first kappa shape index (κ1) is 26.6. The summed E-state index contributed by atoms with van der Waals surface area (Å²) in [7, 11) is -9.24. The molecule has 0 aromatic heterocycles. The highest BCUT2D eigenvalue weighted by Gasteiger charge is 2.46. The number of hydrogen-bond acceptors (Lipinski definition) is 7. The second kappa shape index (κ2) is 11.3. The molecular weight excluding hydrogens is 510 g/mol. The van der Waals surface area contributed by atoms with Crippen molar-refractivity contribution in [1.82, 2.24) is 0 Å². The van der Waals surface area contributed by atoms with Crippen molar-refractivity contribution in [2.24, 2.45) is 0 Å². The van der Waals surface area contributed by atoms with Crippen molar-refractivity contribution >= 4 is 15.6 Å². The molecule has 0 N–H and O–H groups in total. The average Bonchev–Trinajstić information content (AvgIpc) is 2.85. The Morgan fingerprint density at radius 1 is 0.378 bits per heavy atom. The molecule has 4 rings (SSSR count). The van der Waals surface area contributed by atoms with E-state index in [9.17, 15) is 9.13 Å². The highest BCUT2D eigenvalue weighted by atomic mass is 31.3. The van der Waals surface area contributed by atoms with Gasteiger partial charge in [-0.1, -0.05) is 70.8 Å². The zero-order valence-electron chi connectivity index (χ0n) is 21.0. The first-order valence-electron chi connectivity index (χ1n) is 11.6. The summed E-state index contributed by atoms with van der Waals surface area (Å²) in [4.78, 5) is 0. The minimum absolute atomic E-state index is 0.193. The summed E-state index contributed by atoms with van der Waals surface area (Å²) in [5, 5.41) is 0. The van der Waals surface area contributed by atoms with Gasteiger partial charge in [-0.25, -0.2) is 9.13 Å². The van der Waals surface area contributed by atoms with Gasteiger partial charge in [0.15, 0.2) is 0 Å². The topological polar surface area (TPSA) is 80.3 Å². The summed E-state index contributed by atoms with van der Waals surface area (Å²) >= 11 is 0. The predicted octanol–water partition coefficient (Wildman–Crippen LogP) is 8.77. The summed E-state index contributed by atoms with van der Waals surface area (Å²) in [6, 6.07) is 27.1. The summed E-state index contributed by atoms with van der Waals surface area (Å²) in [5.74, 6) is 0.771. The monoisotopic (exact) mass is 538 g/mol. The lowest BCUT2D eigenvalue weighted by Crippen LogP contribution is -2.10. The quantitative estimate of drug-likeness (QED) is 0.187. The first-order valence-corrected chi connectivity index (χ1v) is 14.5. The number of phosphoric acid groups is 2. The summed E-state index contributed by atoms with van der Waals surface area (Å²) in [5.41, 5.74) is 3.88. The molecule has 0 aliphatic carbocycles. The average molecular weight is 538 g/mol. The fraction of sp³-hybridized carbons (Fsp3) is 0.143. The van der Waals surface area contributed by atoms with Gasteiger partial charge in [0.1, 0.15) is 23.0 Å². The van der Waals surface area contributed by atoms with E-state index in [2.05, 4.69) is 0 Å². The van der Waals surface area contributed by atoms with Crippen LogP contribution >= 0.6 is 15.6 Å². The van der Waals surface area contributed by atoms with Gasteiger partial charge < -0.3 is 18.1 Å². The fourth-order valence-corrected chi connectivity index (χ4v) is 6.25.